The Bertz CT molecular complexity index is 775. The molecule has 1 amide bonds. The molecule has 0 saturated heterocycles. The van der Waals surface area contributed by atoms with E-state index in [9.17, 15) is 4.79 Å². The molecule has 0 saturated carbocycles. The second-order valence-electron chi connectivity index (χ2n) is 6.15. The van der Waals surface area contributed by atoms with Gasteiger partial charge in [-0.15, -0.1) is 0 Å². The van der Waals surface area contributed by atoms with Crippen LogP contribution in [0.1, 0.15) is 53.6 Å². The molecule has 1 N–H and O–H groups in total. The zero-order chi connectivity index (χ0) is 19.1. The van der Waals surface area contributed by atoms with E-state index < -0.39 is 0 Å². The summed E-state index contributed by atoms with van der Waals surface area (Å²) in [4.78, 5) is 17.7. The fraction of sp³-hybridized carbons (Fsp3) is 0.364. The fourth-order valence-corrected chi connectivity index (χ4v) is 3.05. The second-order valence-corrected chi connectivity index (χ2v) is 6.15. The van der Waals surface area contributed by atoms with E-state index in [1.807, 2.05) is 26.0 Å². The van der Waals surface area contributed by atoms with Crippen molar-refractivity contribution in [1.82, 2.24) is 4.98 Å². The van der Waals surface area contributed by atoms with Crippen LogP contribution in [0.25, 0.3) is 0 Å². The zero-order valence-corrected chi connectivity index (χ0v) is 16.2. The molecule has 0 bridgehead atoms. The maximum absolute atomic E-state index is 13.2. The van der Waals surface area contributed by atoms with Gasteiger partial charge in [0.05, 0.1) is 5.69 Å². The smallest absolute Gasteiger partial charge is 0.261 e. The number of aryl methyl sites for hydroxylation is 4. The predicted molar refractivity (Wildman–Crippen MR) is 107 cm³/mol. The summed E-state index contributed by atoms with van der Waals surface area (Å²) in [6.07, 6.45) is 4.04. The quantitative estimate of drug-likeness (QED) is 0.688. The molecule has 0 unspecified atom stereocenters. The number of amides is 1. The van der Waals surface area contributed by atoms with Crippen LogP contribution in [0.15, 0.2) is 36.9 Å². The average Bonchev–Trinajstić information content (AvgIpc) is 2.65. The van der Waals surface area contributed by atoms with Crippen molar-refractivity contribution in [3.05, 3.63) is 65.0 Å². The lowest BCUT2D eigenvalue weighted by Gasteiger charge is -2.18. The van der Waals surface area contributed by atoms with Crippen LogP contribution in [0.2, 0.25) is 0 Å². The summed E-state index contributed by atoms with van der Waals surface area (Å²) < 4.78 is 5.76. The molecule has 2 aromatic rings. The van der Waals surface area contributed by atoms with E-state index in [-0.39, 0.29) is 5.91 Å². The molecule has 2 rings (SSSR count). The van der Waals surface area contributed by atoms with Crippen LogP contribution in [0.4, 0.5) is 5.69 Å². The first kappa shape index (κ1) is 19.7. The number of hydrogen-bond acceptors (Lipinski definition) is 3. The van der Waals surface area contributed by atoms with Crippen molar-refractivity contribution in [3.63, 3.8) is 0 Å². The SMILES string of the molecule is C=CCOc1cc(C)nc(CC)c1C(=O)Nc1c(CC)cccc1CC. The highest BCUT2D eigenvalue weighted by atomic mass is 16.5. The Morgan fingerprint density at radius 2 is 1.85 bits per heavy atom. The third-order valence-corrected chi connectivity index (χ3v) is 4.34. The normalized spacial score (nSPS) is 10.5. The molecule has 0 aliphatic heterocycles. The fourth-order valence-electron chi connectivity index (χ4n) is 3.05. The van der Waals surface area contributed by atoms with Gasteiger partial charge >= 0.3 is 0 Å². The number of carbonyl (C=O) groups is 1. The monoisotopic (exact) mass is 352 g/mol. The molecule has 138 valence electrons. The summed E-state index contributed by atoms with van der Waals surface area (Å²) in [6, 6.07) is 7.96. The van der Waals surface area contributed by atoms with Crippen molar-refractivity contribution in [3.8, 4) is 5.75 Å². The van der Waals surface area contributed by atoms with Crippen molar-refractivity contribution >= 4 is 11.6 Å². The number of nitrogens with zero attached hydrogens (tertiary/aromatic N) is 1. The molecule has 0 spiro atoms. The molecule has 0 fully saturated rings. The molecule has 1 aromatic heterocycles. The van der Waals surface area contributed by atoms with Crippen molar-refractivity contribution < 1.29 is 9.53 Å². The molecular weight excluding hydrogens is 324 g/mol. The molecular formula is C22H28N2O2. The highest BCUT2D eigenvalue weighted by Gasteiger charge is 2.21. The van der Waals surface area contributed by atoms with Crippen molar-refractivity contribution in [2.75, 3.05) is 11.9 Å². The molecule has 0 atom stereocenters. The number of ether oxygens (including phenoxy) is 1. The van der Waals surface area contributed by atoms with Gasteiger partial charge in [-0.25, -0.2) is 0 Å². The Hall–Kier alpha value is -2.62. The van der Waals surface area contributed by atoms with Gasteiger partial charge in [-0.2, -0.15) is 0 Å². The van der Waals surface area contributed by atoms with Gasteiger partial charge in [-0.1, -0.05) is 51.6 Å². The van der Waals surface area contributed by atoms with E-state index in [0.29, 0.717) is 24.3 Å². The first-order chi connectivity index (χ1) is 12.5. The summed E-state index contributed by atoms with van der Waals surface area (Å²) in [5.74, 6) is 0.378. The molecule has 0 aliphatic rings. The van der Waals surface area contributed by atoms with E-state index in [1.54, 1.807) is 6.08 Å². The van der Waals surface area contributed by atoms with Crippen LogP contribution in [0.3, 0.4) is 0 Å². The minimum absolute atomic E-state index is 0.177. The van der Waals surface area contributed by atoms with E-state index in [0.717, 1.165) is 41.0 Å². The summed E-state index contributed by atoms with van der Waals surface area (Å²) in [7, 11) is 0. The van der Waals surface area contributed by atoms with Crippen molar-refractivity contribution in [2.24, 2.45) is 0 Å². The number of rotatable bonds is 8. The first-order valence-electron chi connectivity index (χ1n) is 9.21. The minimum Gasteiger partial charge on any atom is -0.489 e. The van der Waals surface area contributed by atoms with Gasteiger partial charge in [-0.05, 0) is 37.3 Å². The summed E-state index contributed by atoms with van der Waals surface area (Å²) in [5, 5.41) is 3.12. The molecule has 4 nitrogen and oxygen atoms in total. The van der Waals surface area contributed by atoms with Crippen LogP contribution >= 0.6 is 0 Å². The van der Waals surface area contributed by atoms with Crippen molar-refractivity contribution in [2.45, 2.75) is 47.0 Å². The second kappa shape index (κ2) is 9.18. The van der Waals surface area contributed by atoms with Crippen LogP contribution in [0, 0.1) is 6.92 Å². The highest BCUT2D eigenvalue weighted by Crippen LogP contribution is 2.28. The lowest BCUT2D eigenvalue weighted by molar-refractivity contribution is 0.102. The molecule has 1 heterocycles. The van der Waals surface area contributed by atoms with Crippen LogP contribution in [-0.2, 0) is 19.3 Å². The number of carbonyl (C=O) groups excluding carboxylic acids is 1. The topological polar surface area (TPSA) is 51.2 Å². The van der Waals surface area contributed by atoms with Gasteiger partial charge in [0.2, 0.25) is 0 Å². The highest BCUT2D eigenvalue weighted by molar-refractivity contribution is 6.07. The van der Waals surface area contributed by atoms with Gasteiger partial charge in [0.25, 0.3) is 5.91 Å². The number of anilines is 1. The molecule has 1 aromatic carbocycles. The number of pyridine rings is 1. The standard InChI is InChI=1S/C22H28N2O2/c1-6-13-26-19-14-15(5)23-18(9-4)20(19)22(25)24-21-16(7-2)11-10-12-17(21)8-3/h6,10-12,14H,1,7-9,13H2,2-5H3,(H,24,25). The Labute approximate surface area is 156 Å². The van der Waals surface area contributed by atoms with Crippen LogP contribution < -0.4 is 10.1 Å². The van der Waals surface area contributed by atoms with E-state index >= 15 is 0 Å². The summed E-state index contributed by atoms with van der Waals surface area (Å²) >= 11 is 0. The van der Waals surface area contributed by atoms with Crippen LogP contribution in [-0.4, -0.2) is 17.5 Å². The zero-order valence-electron chi connectivity index (χ0n) is 16.2. The maximum Gasteiger partial charge on any atom is 0.261 e. The Morgan fingerprint density at radius 3 is 2.38 bits per heavy atom. The molecule has 4 heteroatoms. The largest absolute Gasteiger partial charge is 0.489 e. The third-order valence-electron chi connectivity index (χ3n) is 4.34. The first-order valence-corrected chi connectivity index (χ1v) is 9.21. The van der Waals surface area contributed by atoms with Gasteiger partial charge in [0.1, 0.15) is 17.9 Å². The number of para-hydroxylation sites is 1. The maximum atomic E-state index is 13.2. The van der Waals surface area contributed by atoms with Crippen molar-refractivity contribution in [1.29, 1.82) is 0 Å². The Morgan fingerprint density at radius 1 is 1.19 bits per heavy atom. The minimum atomic E-state index is -0.177. The Balaban J connectivity index is 2.48. The Kier molecular flexibility index (Phi) is 6.96. The van der Waals surface area contributed by atoms with Crippen LogP contribution in [0.5, 0.6) is 5.75 Å². The molecule has 0 aliphatic carbocycles. The lowest BCUT2D eigenvalue weighted by Crippen LogP contribution is -2.19. The number of benzene rings is 1. The number of nitrogens with one attached hydrogen (secondary N) is 1. The van der Waals surface area contributed by atoms with E-state index in [2.05, 4.69) is 42.9 Å². The molecule has 26 heavy (non-hydrogen) atoms. The number of aromatic nitrogens is 1. The predicted octanol–water partition coefficient (Wildman–Crippen LogP) is 4.89. The lowest BCUT2D eigenvalue weighted by atomic mass is 10.0. The summed E-state index contributed by atoms with van der Waals surface area (Å²) in [5.41, 5.74) is 5.25. The molecule has 0 radical (unpaired) electrons. The van der Waals surface area contributed by atoms with E-state index in [4.69, 9.17) is 4.74 Å². The van der Waals surface area contributed by atoms with Gasteiger partial charge < -0.3 is 10.1 Å². The average molecular weight is 352 g/mol. The number of hydrogen-bond donors (Lipinski definition) is 1. The van der Waals surface area contributed by atoms with Gasteiger partial charge in [0, 0.05) is 17.4 Å². The third kappa shape index (κ3) is 4.31. The summed E-state index contributed by atoms with van der Waals surface area (Å²) in [6.45, 7) is 12.1. The van der Waals surface area contributed by atoms with Gasteiger partial charge in [0.15, 0.2) is 0 Å². The van der Waals surface area contributed by atoms with Gasteiger partial charge in [-0.3, -0.25) is 9.78 Å². The van der Waals surface area contributed by atoms with E-state index in [1.165, 1.54) is 0 Å².